The Labute approximate surface area is 68.1 Å². The minimum Gasteiger partial charge on any atom is -0.309 e. The number of aryl methyl sites for hydroxylation is 2. The van der Waals surface area contributed by atoms with Crippen LogP contribution in [-0.2, 0) is 7.05 Å². The van der Waals surface area contributed by atoms with Crippen molar-refractivity contribution in [3.63, 3.8) is 0 Å². The highest BCUT2D eigenvalue weighted by Crippen LogP contribution is 2.02. The van der Waals surface area contributed by atoms with E-state index in [4.69, 9.17) is 0 Å². The Hall–Kier alpha value is -1.65. The van der Waals surface area contributed by atoms with E-state index < -0.39 is 0 Å². The van der Waals surface area contributed by atoms with Gasteiger partial charge in [-0.15, -0.1) is 0 Å². The zero-order valence-corrected chi connectivity index (χ0v) is 6.83. The first kappa shape index (κ1) is 7.02. The molecule has 0 aliphatic heterocycles. The second-order valence-electron chi connectivity index (χ2n) is 2.65. The molecule has 0 atom stereocenters. The molecule has 62 valence electrons. The maximum absolute atomic E-state index is 11.3. The van der Waals surface area contributed by atoms with Gasteiger partial charge in [0.15, 0.2) is 5.52 Å². The largest absolute Gasteiger partial charge is 0.309 e. The van der Waals surface area contributed by atoms with Crippen LogP contribution in [0.4, 0.5) is 0 Å². The van der Waals surface area contributed by atoms with Crippen LogP contribution in [0, 0.1) is 6.92 Å². The summed E-state index contributed by atoms with van der Waals surface area (Å²) >= 11 is 0. The van der Waals surface area contributed by atoms with E-state index >= 15 is 0 Å². The summed E-state index contributed by atoms with van der Waals surface area (Å²) in [6, 6.07) is 0. The highest BCUT2D eigenvalue weighted by Gasteiger charge is 2.04. The molecule has 0 spiro atoms. The Kier molecular flexibility index (Phi) is 1.27. The van der Waals surface area contributed by atoms with Gasteiger partial charge in [-0.25, -0.2) is 4.98 Å². The average molecular weight is 164 g/mol. The molecule has 0 radical (unpaired) electrons. The van der Waals surface area contributed by atoms with Crippen molar-refractivity contribution in [3.05, 3.63) is 22.4 Å². The van der Waals surface area contributed by atoms with E-state index in [1.165, 1.54) is 4.68 Å². The maximum atomic E-state index is 11.3. The van der Waals surface area contributed by atoms with Crippen LogP contribution in [0.25, 0.3) is 11.0 Å². The van der Waals surface area contributed by atoms with Gasteiger partial charge >= 0.3 is 0 Å². The molecule has 0 aliphatic rings. The molecule has 2 aromatic rings. The molecule has 2 rings (SSSR count). The Balaban J connectivity index is 3.03. The van der Waals surface area contributed by atoms with Gasteiger partial charge in [-0.2, -0.15) is 5.10 Å². The fraction of sp³-hybridized carbons (Fsp3) is 0.286. The number of nitrogens with zero attached hydrogens (tertiary/aromatic N) is 3. The third-order valence-corrected chi connectivity index (χ3v) is 1.72. The number of nitrogens with one attached hydrogen (secondary N) is 1. The van der Waals surface area contributed by atoms with Crippen molar-refractivity contribution in [1.82, 2.24) is 19.7 Å². The Bertz CT molecular complexity index is 482. The molecule has 0 fully saturated rings. The van der Waals surface area contributed by atoms with Crippen LogP contribution in [-0.4, -0.2) is 19.7 Å². The standard InChI is InChI=1S/C7H8N4O/c1-4-9-5-3-8-11(2)6(5)7(12)10-4/h3H,1-2H3,(H,9,10,12). The molecule has 5 nitrogen and oxygen atoms in total. The predicted molar refractivity (Wildman–Crippen MR) is 43.9 cm³/mol. The van der Waals surface area contributed by atoms with Crippen molar-refractivity contribution in [2.45, 2.75) is 6.92 Å². The minimum atomic E-state index is -0.141. The van der Waals surface area contributed by atoms with Crippen LogP contribution in [0.3, 0.4) is 0 Å². The van der Waals surface area contributed by atoms with Crippen molar-refractivity contribution in [1.29, 1.82) is 0 Å². The molecule has 12 heavy (non-hydrogen) atoms. The molecular formula is C7H8N4O. The normalized spacial score (nSPS) is 10.8. The summed E-state index contributed by atoms with van der Waals surface area (Å²) in [5.41, 5.74) is 1.01. The van der Waals surface area contributed by atoms with Gasteiger partial charge in [0.05, 0.1) is 6.20 Å². The van der Waals surface area contributed by atoms with Gasteiger partial charge in [-0.1, -0.05) is 0 Å². The SMILES string of the molecule is Cc1nc2cnn(C)c2c(=O)[nH]1. The topological polar surface area (TPSA) is 63.6 Å². The Morgan fingerprint density at radius 1 is 1.58 bits per heavy atom. The summed E-state index contributed by atoms with van der Waals surface area (Å²) in [6.07, 6.45) is 1.58. The van der Waals surface area contributed by atoms with E-state index in [1.54, 1.807) is 20.2 Å². The molecular weight excluding hydrogens is 156 g/mol. The van der Waals surface area contributed by atoms with E-state index in [1.807, 2.05) is 0 Å². The molecule has 5 heteroatoms. The smallest absolute Gasteiger partial charge is 0.277 e. The Morgan fingerprint density at radius 3 is 3.08 bits per heavy atom. The first-order valence-electron chi connectivity index (χ1n) is 3.57. The number of hydrogen-bond donors (Lipinski definition) is 1. The first-order chi connectivity index (χ1) is 5.68. The van der Waals surface area contributed by atoms with E-state index in [0.29, 0.717) is 16.9 Å². The molecule has 1 N–H and O–H groups in total. The highest BCUT2D eigenvalue weighted by molar-refractivity contribution is 5.72. The molecule has 0 saturated heterocycles. The van der Waals surface area contributed by atoms with Gasteiger partial charge in [-0.05, 0) is 6.92 Å². The minimum absolute atomic E-state index is 0.141. The quantitative estimate of drug-likeness (QED) is 0.594. The fourth-order valence-electron chi connectivity index (χ4n) is 1.20. The zero-order valence-electron chi connectivity index (χ0n) is 6.83. The molecule has 0 bridgehead atoms. The number of aromatic amines is 1. The van der Waals surface area contributed by atoms with Crippen molar-refractivity contribution in [2.24, 2.45) is 7.05 Å². The van der Waals surface area contributed by atoms with Crippen molar-refractivity contribution < 1.29 is 0 Å². The highest BCUT2D eigenvalue weighted by atomic mass is 16.1. The lowest BCUT2D eigenvalue weighted by molar-refractivity contribution is 0.791. The lowest BCUT2D eigenvalue weighted by atomic mass is 10.4. The van der Waals surface area contributed by atoms with Crippen LogP contribution in [0.1, 0.15) is 5.82 Å². The molecule has 0 aliphatic carbocycles. The van der Waals surface area contributed by atoms with Crippen LogP contribution < -0.4 is 5.56 Å². The van der Waals surface area contributed by atoms with E-state index in [2.05, 4.69) is 15.1 Å². The van der Waals surface area contributed by atoms with Gasteiger partial charge in [-0.3, -0.25) is 9.48 Å². The summed E-state index contributed by atoms with van der Waals surface area (Å²) in [5, 5.41) is 3.93. The average Bonchev–Trinajstić information content (AvgIpc) is 2.31. The third-order valence-electron chi connectivity index (χ3n) is 1.72. The van der Waals surface area contributed by atoms with Gasteiger partial charge in [0.2, 0.25) is 0 Å². The number of hydrogen-bond acceptors (Lipinski definition) is 3. The van der Waals surface area contributed by atoms with Gasteiger partial charge < -0.3 is 4.98 Å². The predicted octanol–water partition coefficient (Wildman–Crippen LogP) is -0.0350. The van der Waals surface area contributed by atoms with Crippen LogP contribution in [0.5, 0.6) is 0 Å². The van der Waals surface area contributed by atoms with Gasteiger partial charge in [0.1, 0.15) is 11.3 Å². The van der Waals surface area contributed by atoms with Crippen LogP contribution in [0.2, 0.25) is 0 Å². The molecule has 0 saturated carbocycles. The molecule has 0 amide bonds. The summed E-state index contributed by atoms with van der Waals surface area (Å²) in [6.45, 7) is 1.74. The summed E-state index contributed by atoms with van der Waals surface area (Å²) in [4.78, 5) is 18.1. The monoisotopic (exact) mass is 164 g/mol. The summed E-state index contributed by atoms with van der Waals surface area (Å²) in [7, 11) is 1.72. The van der Waals surface area contributed by atoms with E-state index in [-0.39, 0.29) is 5.56 Å². The van der Waals surface area contributed by atoms with Crippen LogP contribution in [0.15, 0.2) is 11.0 Å². The second kappa shape index (κ2) is 2.17. The van der Waals surface area contributed by atoms with Crippen LogP contribution >= 0.6 is 0 Å². The maximum Gasteiger partial charge on any atom is 0.277 e. The molecule has 0 unspecified atom stereocenters. The Morgan fingerprint density at radius 2 is 2.33 bits per heavy atom. The number of rotatable bonds is 0. The number of aromatic nitrogens is 4. The second-order valence-corrected chi connectivity index (χ2v) is 2.65. The molecule has 2 heterocycles. The third kappa shape index (κ3) is 0.827. The van der Waals surface area contributed by atoms with Gasteiger partial charge in [0.25, 0.3) is 5.56 Å². The first-order valence-corrected chi connectivity index (χ1v) is 3.57. The molecule has 2 aromatic heterocycles. The lowest BCUT2D eigenvalue weighted by Gasteiger charge is -1.93. The number of H-pyrrole nitrogens is 1. The summed E-state index contributed by atoms with van der Waals surface area (Å²) in [5.74, 6) is 0.612. The van der Waals surface area contributed by atoms with Crippen molar-refractivity contribution in [3.8, 4) is 0 Å². The summed E-state index contributed by atoms with van der Waals surface area (Å²) < 4.78 is 1.51. The van der Waals surface area contributed by atoms with E-state index in [9.17, 15) is 4.79 Å². The fourth-order valence-corrected chi connectivity index (χ4v) is 1.20. The van der Waals surface area contributed by atoms with Crippen molar-refractivity contribution >= 4 is 11.0 Å². The van der Waals surface area contributed by atoms with Crippen molar-refractivity contribution in [2.75, 3.05) is 0 Å². The number of fused-ring (bicyclic) bond motifs is 1. The molecule has 0 aromatic carbocycles. The van der Waals surface area contributed by atoms with E-state index in [0.717, 1.165) is 0 Å². The van der Waals surface area contributed by atoms with Gasteiger partial charge in [0, 0.05) is 7.05 Å². The lowest BCUT2D eigenvalue weighted by Crippen LogP contribution is -2.12. The zero-order chi connectivity index (χ0) is 8.72.